The van der Waals surface area contributed by atoms with E-state index in [0.29, 0.717) is 22.1 Å². The first-order valence-electron chi connectivity index (χ1n) is 7.54. The van der Waals surface area contributed by atoms with Crippen molar-refractivity contribution in [2.24, 2.45) is 11.1 Å². The third kappa shape index (κ3) is 4.73. The lowest BCUT2D eigenvalue weighted by atomic mass is 10.0. The fraction of sp³-hybridized carbons (Fsp3) is 0.571. The van der Waals surface area contributed by atoms with Gasteiger partial charge in [0.1, 0.15) is 4.21 Å². The molecular formula is C14H21N3O5S3. The highest BCUT2D eigenvalue weighted by Gasteiger charge is 2.35. The fourth-order valence-electron chi connectivity index (χ4n) is 2.53. The van der Waals surface area contributed by atoms with Gasteiger partial charge in [0, 0.05) is 23.9 Å². The number of Topliss-reactive ketones (excluding diaryl/α,β-unsaturated/α-hetero) is 1. The summed E-state index contributed by atoms with van der Waals surface area (Å²) in [5, 5.41) is 16.6. The molecule has 0 bridgehead atoms. The molecule has 0 spiro atoms. The maximum absolute atomic E-state index is 12.8. The minimum Gasteiger partial charge on any atom is -0.465 e. The molecule has 1 aliphatic rings. The number of thiophene rings is 1. The molecule has 0 saturated heterocycles. The van der Waals surface area contributed by atoms with Crippen molar-refractivity contribution in [1.82, 2.24) is 10.2 Å². The van der Waals surface area contributed by atoms with E-state index in [1.54, 1.807) is 7.05 Å². The first-order valence-corrected chi connectivity index (χ1v) is 10.9. The number of ketones is 1. The number of nitrogens with two attached hydrogens (primary N) is 1. The highest BCUT2D eigenvalue weighted by atomic mass is 32.3. The Morgan fingerprint density at radius 3 is 2.68 bits per heavy atom. The second kappa shape index (κ2) is 7.62. The number of nitrogens with one attached hydrogen (secondary N) is 1. The number of hydrogen-bond acceptors (Lipinski definition) is 7. The number of thioether (sulfide) groups is 1. The van der Waals surface area contributed by atoms with Crippen LogP contribution in [-0.2, 0) is 10.0 Å². The van der Waals surface area contributed by atoms with Gasteiger partial charge in [-0.15, -0.1) is 23.1 Å². The van der Waals surface area contributed by atoms with Crippen molar-refractivity contribution in [3.05, 3.63) is 11.6 Å². The van der Waals surface area contributed by atoms with Crippen molar-refractivity contribution in [3.63, 3.8) is 0 Å². The van der Waals surface area contributed by atoms with Crippen LogP contribution in [0.1, 0.15) is 24.2 Å². The van der Waals surface area contributed by atoms with Crippen LogP contribution in [0.4, 0.5) is 4.79 Å². The molecule has 0 fully saturated rings. The summed E-state index contributed by atoms with van der Waals surface area (Å²) < 4.78 is 23.6. The number of carboxylic acid groups (broad SMARTS) is 1. The zero-order valence-corrected chi connectivity index (χ0v) is 16.5. The van der Waals surface area contributed by atoms with Crippen LogP contribution in [0.5, 0.6) is 0 Å². The first-order chi connectivity index (χ1) is 11.5. The number of rotatable bonds is 6. The van der Waals surface area contributed by atoms with Crippen LogP contribution >= 0.6 is 23.1 Å². The molecule has 1 aromatic heterocycles. The van der Waals surface area contributed by atoms with E-state index in [2.05, 4.69) is 5.32 Å². The molecule has 8 nitrogen and oxygen atoms in total. The number of hydrogen-bond donors (Lipinski definition) is 3. The third-order valence-corrected chi connectivity index (χ3v) is 7.94. The number of carbonyl (C=O) groups excluding carboxylic acids is 1. The summed E-state index contributed by atoms with van der Waals surface area (Å²) in [6, 6.07) is 0.571. The van der Waals surface area contributed by atoms with Gasteiger partial charge in [-0.3, -0.25) is 9.69 Å². The zero-order chi connectivity index (χ0) is 18.9. The van der Waals surface area contributed by atoms with Gasteiger partial charge in [-0.2, -0.15) is 0 Å². The Morgan fingerprint density at radius 1 is 1.52 bits per heavy atom. The molecule has 1 unspecified atom stereocenters. The Kier molecular flexibility index (Phi) is 6.15. The number of carbonyl (C=O) groups is 2. The summed E-state index contributed by atoms with van der Waals surface area (Å²) in [4.78, 5) is 25.5. The van der Waals surface area contributed by atoms with Crippen LogP contribution in [0.25, 0.3) is 0 Å². The van der Waals surface area contributed by atoms with Gasteiger partial charge < -0.3 is 10.4 Å². The van der Waals surface area contributed by atoms with Gasteiger partial charge in [-0.05, 0) is 19.0 Å². The Balaban J connectivity index is 2.17. The van der Waals surface area contributed by atoms with Crippen LogP contribution in [0.3, 0.4) is 0 Å². The molecule has 25 heavy (non-hydrogen) atoms. The molecule has 2 heterocycles. The van der Waals surface area contributed by atoms with Crippen molar-refractivity contribution < 1.29 is 23.1 Å². The average Bonchev–Trinajstić information content (AvgIpc) is 2.91. The smallest absolute Gasteiger partial charge is 0.404 e. The lowest BCUT2D eigenvalue weighted by Gasteiger charge is -2.33. The van der Waals surface area contributed by atoms with Gasteiger partial charge in [-0.25, -0.2) is 18.4 Å². The Bertz CT molecular complexity index is 775. The maximum atomic E-state index is 12.8. The Labute approximate surface area is 154 Å². The summed E-state index contributed by atoms with van der Waals surface area (Å²) in [5.41, 5.74) is 0.370. The highest BCUT2D eigenvalue weighted by molar-refractivity contribution is 8.01. The maximum Gasteiger partial charge on any atom is 0.404 e. The minimum atomic E-state index is -3.84. The lowest BCUT2D eigenvalue weighted by molar-refractivity contribution is 0.0850. The van der Waals surface area contributed by atoms with E-state index >= 15 is 0 Å². The molecule has 1 amide bonds. The number of likely N-dealkylation sites (N-methyl/N-ethyl adjacent to an activating group) is 1. The van der Waals surface area contributed by atoms with E-state index < -0.39 is 22.2 Å². The molecule has 1 aromatic rings. The third-order valence-electron chi connectivity index (χ3n) is 4.03. The van der Waals surface area contributed by atoms with Crippen LogP contribution in [0.15, 0.2) is 14.5 Å². The van der Waals surface area contributed by atoms with E-state index in [4.69, 9.17) is 10.2 Å². The second-order valence-corrected chi connectivity index (χ2v) is 10.4. The molecule has 140 valence electrons. The number of fused-ring (bicyclic) bond motifs is 1. The Hall–Kier alpha value is -1.14. The number of nitrogens with zero attached hydrogens (tertiary/aromatic N) is 1. The van der Waals surface area contributed by atoms with Gasteiger partial charge in [0.25, 0.3) is 0 Å². The van der Waals surface area contributed by atoms with Gasteiger partial charge in [-0.1, -0.05) is 13.8 Å². The summed E-state index contributed by atoms with van der Waals surface area (Å²) in [7, 11) is -2.07. The molecule has 2 rings (SSSR count). The average molecular weight is 408 g/mol. The number of primary sulfonamides is 1. The SMILES string of the molecule is CC(C)[C@@H](CN(C)C1CSc2sc(S(N)(=O)=O)cc2C1=O)NC(=O)O. The van der Waals surface area contributed by atoms with Crippen molar-refractivity contribution in [3.8, 4) is 0 Å². The van der Waals surface area contributed by atoms with E-state index in [1.165, 1.54) is 17.8 Å². The van der Waals surface area contributed by atoms with Gasteiger partial charge >= 0.3 is 6.09 Å². The van der Waals surface area contributed by atoms with E-state index in [-0.39, 0.29) is 22.0 Å². The summed E-state index contributed by atoms with van der Waals surface area (Å²) in [5.74, 6) is 0.376. The van der Waals surface area contributed by atoms with Crippen molar-refractivity contribution in [1.29, 1.82) is 0 Å². The number of amides is 1. The largest absolute Gasteiger partial charge is 0.465 e. The summed E-state index contributed by atoms with van der Waals surface area (Å²) in [6.45, 7) is 4.19. The zero-order valence-electron chi connectivity index (χ0n) is 14.1. The summed E-state index contributed by atoms with van der Waals surface area (Å²) in [6.07, 6.45) is -1.10. The number of sulfonamides is 1. The predicted molar refractivity (Wildman–Crippen MR) is 97.0 cm³/mol. The standard InChI is InChI=1S/C14H21N3O5S3/c1-7(2)9(16-14(19)20)5-17(3)10-6-23-13-8(12(10)18)4-11(24-13)25(15,21)22/h4,7,9-10,16H,5-6H2,1-3H3,(H,19,20)(H2,15,21,22)/t9-,10?/m1/s1. The van der Waals surface area contributed by atoms with Crippen LogP contribution < -0.4 is 10.5 Å². The summed E-state index contributed by atoms with van der Waals surface area (Å²) >= 11 is 2.42. The normalized spacial score (nSPS) is 19.1. The van der Waals surface area contributed by atoms with Crippen molar-refractivity contribution >= 4 is 45.0 Å². The molecule has 1 aliphatic heterocycles. The van der Waals surface area contributed by atoms with Gasteiger partial charge in [0.2, 0.25) is 10.0 Å². The van der Waals surface area contributed by atoms with Gasteiger partial charge in [0.05, 0.1) is 10.3 Å². The van der Waals surface area contributed by atoms with Crippen LogP contribution in [0.2, 0.25) is 0 Å². The first kappa shape index (κ1) is 20.2. The molecule has 11 heteroatoms. The van der Waals surface area contributed by atoms with Crippen molar-refractivity contribution in [2.45, 2.75) is 34.3 Å². The molecule has 0 aliphatic carbocycles. The second-order valence-electron chi connectivity index (χ2n) is 6.24. The monoisotopic (exact) mass is 407 g/mol. The molecule has 0 radical (unpaired) electrons. The molecule has 0 aromatic carbocycles. The molecule has 2 atom stereocenters. The van der Waals surface area contributed by atoms with E-state index in [9.17, 15) is 18.0 Å². The topological polar surface area (TPSA) is 130 Å². The molecule has 0 saturated carbocycles. The fourth-order valence-corrected chi connectivity index (χ4v) is 6.05. The Morgan fingerprint density at radius 2 is 2.16 bits per heavy atom. The molecule has 4 N–H and O–H groups in total. The predicted octanol–water partition coefficient (Wildman–Crippen LogP) is 1.28. The minimum absolute atomic E-state index is 0.0192. The lowest BCUT2D eigenvalue weighted by Crippen LogP contribution is -2.51. The van der Waals surface area contributed by atoms with Crippen LogP contribution in [0, 0.1) is 5.92 Å². The van der Waals surface area contributed by atoms with E-state index in [0.717, 1.165) is 11.3 Å². The van der Waals surface area contributed by atoms with E-state index in [1.807, 2.05) is 18.7 Å². The van der Waals surface area contributed by atoms with Crippen molar-refractivity contribution in [2.75, 3.05) is 19.3 Å². The molecular weight excluding hydrogens is 386 g/mol. The van der Waals surface area contributed by atoms with Gasteiger partial charge in [0.15, 0.2) is 5.78 Å². The van der Waals surface area contributed by atoms with Crippen LogP contribution in [-0.4, -0.2) is 61.7 Å². The quantitative estimate of drug-likeness (QED) is 0.647. The highest BCUT2D eigenvalue weighted by Crippen LogP contribution is 2.39.